The number of rotatable bonds is 1. The number of aromatic nitrogens is 1. The van der Waals surface area contributed by atoms with Crippen LogP contribution in [0.1, 0.15) is 23.7 Å². The smallest absolute Gasteiger partial charge is 0.255 e. The first kappa shape index (κ1) is 14.7. The van der Waals surface area contributed by atoms with Gasteiger partial charge in [0.1, 0.15) is 5.82 Å². The first-order valence-electron chi connectivity index (χ1n) is 7.27. The first-order valence-corrected chi connectivity index (χ1v) is 7.27. The number of ether oxygens (including phenoxy) is 1. The van der Waals surface area contributed by atoms with E-state index in [1.807, 2.05) is 6.92 Å². The standard InChI is InChI=1S/C16H17FN2O3/c1-10-4-6-22-7-5-19(10)16(21)13-9-15(20)18-14-8-11(17)2-3-12(13)14/h2-3,8-10H,4-7H2,1H3,(H,18,20). The molecule has 0 bridgehead atoms. The summed E-state index contributed by atoms with van der Waals surface area (Å²) in [5.74, 6) is -0.676. The van der Waals surface area contributed by atoms with Crippen molar-refractivity contribution in [3.05, 3.63) is 46.0 Å². The van der Waals surface area contributed by atoms with Crippen molar-refractivity contribution in [3.63, 3.8) is 0 Å². The van der Waals surface area contributed by atoms with Gasteiger partial charge in [0.25, 0.3) is 5.91 Å². The van der Waals surface area contributed by atoms with Crippen LogP contribution < -0.4 is 5.56 Å². The Labute approximate surface area is 126 Å². The normalized spacial score (nSPS) is 19.2. The maximum atomic E-state index is 13.3. The fourth-order valence-electron chi connectivity index (χ4n) is 2.76. The number of aromatic amines is 1. The van der Waals surface area contributed by atoms with Crippen molar-refractivity contribution < 1.29 is 13.9 Å². The zero-order valence-corrected chi connectivity index (χ0v) is 12.3. The Morgan fingerprint density at radius 3 is 3.00 bits per heavy atom. The van der Waals surface area contributed by atoms with Crippen LogP contribution in [0.5, 0.6) is 0 Å². The van der Waals surface area contributed by atoms with E-state index in [0.29, 0.717) is 36.2 Å². The lowest BCUT2D eigenvalue weighted by Gasteiger charge is -2.26. The number of pyridine rings is 1. The summed E-state index contributed by atoms with van der Waals surface area (Å²) in [5.41, 5.74) is 0.210. The Kier molecular flexibility index (Phi) is 3.94. The van der Waals surface area contributed by atoms with Crippen LogP contribution in [0.4, 0.5) is 4.39 Å². The van der Waals surface area contributed by atoms with Gasteiger partial charge in [-0.25, -0.2) is 4.39 Å². The van der Waals surface area contributed by atoms with Gasteiger partial charge >= 0.3 is 0 Å². The molecular formula is C16H17FN2O3. The Balaban J connectivity index is 2.08. The quantitative estimate of drug-likeness (QED) is 0.875. The number of carbonyl (C=O) groups excluding carboxylic acids is 1. The minimum absolute atomic E-state index is 0.0322. The fourth-order valence-corrected chi connectivity index (χ4v) is 2.76. The van der Waals surface area contributed by atoms with Gasteiger partial charge in [0.05, 0.1) is 17.7 Å². The zero-order chi connectivity index (χ0) is 15.7. The summed E-state index contributed by atoms with van der Waals surface area (Å²) in [6, 6.07) is 5.34. The molecule has 1 atom stereocenters. The molecule has 5 nitrogen and oxygen atoms in total. The van der Waals surface area contributed by atoms with Crippen molar-refractivity contribution in [2.24, 2.45) is 0 Å². The minimum atomic E-state index is -0.454. The van der Waals surface area contributed by atoms with Crippen molar-refractivity contribution in [2.75, 3.05) is 19.8 Å². The molecule has 1 N–H and O–H groups in total. The molecule has 22 heavy (non-hydrogen) atoms. The minimum Gasteiger partial charge on any atom is -0.380 e. The lowest BCUT2D eigenvalue weighted by molar-refractivity contribution is 0.0689. The van der Waals surface area contributed by atoms with Crippen molar-refractivity contribution in [1.29, 1.82) is 0 Å². The first-order chi connectivity index (χ1) is 10.6. The average Bonchev–Trinajstić information content (AvgIpc) is 2.69. The van der Waals surface area contributed by atoms with Gasteiger partial charge in [-0.2, -0.15) is 0 Å². The van der Waals surface area contributed by atoms with E-state index in [1.165, 1.54) is 24.3 Å². The molecule has 1 amide bonds. The molecule has 6 heteroatoms. The maximum absolute atomic E-state index is 13.3. The zero-order valence-electron chi connectivity index (χ0n) is 12.3. The molecule has 1 fully saturated rings. The lowest BCUT2D eigenvalue weighted by atomic mass is 10.1. The van der Waals surface area contributed by atoms with Crippen molar-refractivity contribution in [1.82, 2.24) is 9.88 Å². The number of H-pyrrole nitrogens is 1. The number of hydrogen-bond donors (Lipinski definition) is 1. The van der Waals surface area contributed by atoms with Crippen LogP contribution >= 0.6 is 0 Å². The average molecular weight is 304 g/mol. The van der Waals surface area contributed by atoms with E-state index in [1.54, 1.807) is 4.90 Å². The Morgan fingerprint density at radius 1 is 1.36 bits per heavy atom. The Morgan fingerprint density at radius 2 is 2.18 bits per heavy atom. The topological polar surface area (TPSA) is 62.4 Å². The highest BCUT2D eigenvalue weighted by Gasteiger charge is 2.25. The molecule has 0 aliphatic carbocycles. The van der Waals surface area contributed by atoms with Crippen molar-refractivity contribution >= 4 is 16.8 Å². The van der Waals surface area contributed by atoms with Gasteiger partial charge in [-0.05, 0) is 31.5 Å². The molecule has 0 radical (unpaired) electrons. The third kappa shape index (κ3) is 2.74. The monoisotopic (exact) mass is 304 g/mol. The van der Waals surface area contributed by atoms with Gasteiger partial charge in [0.15, 0.2) is 0 Å². The van der Waals surface area contributed by atoms with Gasteiger partial charge in [-0.3, -0.25) is 9.59 Å². The molecule has 3 rings (SSSR count). The Bertz CT molecular complexity index is 772. The van der Waals surface area contributed by atoms with Gasteiger partial charge in [0, 0.05) is 30.6 Å². The molecule has 1 saturated heterocycles. The second kappa shape index (κ2) is 5.88. The molecule has 1 aromatic carbocycles. The third-order valence-corrected chi connectivity index (χ3v) is 3.98. The largest absolute Gasteiger partial charge is 0.380 e. The number of halogens is 1. The van der Waals surface area contributed by atoms with E-state index in [9.17, 15) is 14.0 Å². The number of nitrogens with zero attached hydrogens (tertiary/aromatic N) is 1. The van der Waals surface area contributed by atoms with E-state index in [2.05, 4.69) is 4.98 Å². The molecule has 1 aliphatic heterocycles. The number of nitrogens with one attached hydrogen (secondary N) is 1. The highest BCUT2D eigenvalue weighted by Crippen LogP contribution is 2.20. The van der Waals surface area contributed by atoms with Crippen molar-refractivity contribution in [2.45, 2.75) is 19.4 Å². The highest BCUT2D eigenvalue weighted by atomic mass is 19.1. The lowest BCUT2D eigenvalue weighted by Crippen LogP contribution is -2.39. The van der Waals surface area contributed by atoms with Crippen LogP contribution in [0.3, 0.4) is 0 Å². The molecule has 1 aliphatic rings. The second-order valence-electron chi connectivity index (χ2n) is 5.49. The van der Waals surface area contributed by atoms with E-state index < -0.39 is 11.4 Å². The summed E-state index contributed by atoms with van der Waals surface area (Å²) in [7, 11) is 0. The SMILES string of the molecule is CC1CCOCCN1C(=O)c1cc(=O)[nH]c2cc(F)ccc12. The number of benzene rings is 1. The summed E-state index contributed by atoms with van der Waals surface area (Å²) >= 11 is 0. The number of amides is 1. The van der Waals surface area contributed by atoms with Gasteiger partial charge in [0.2, 0.25) is 5.56 Å². The Hall–Kier alpha value is -2.21. The van der Waals surface area contributed by atoms with Gasteiger partial charge in [-0.15, -0.1) is 0 Å². The van der Waals surface area contributed by atoms with Gasteiger partial charge in [-0.1, -0.05) is 0 Å². The molecule has 0 spiro atoms. The predicted molar refractivity (Wildman–Crippen MR) is 80.5 cm³/mol. The van der Waals surface area contributed by atoms with Crippen LogP contribution in [0.2, 0.25) is 0 Å². The van der Waals surface area contributed by atoms with E-state index in [-0.39, 0.29) is 11.9 Å². The van der Waals surface area contributed by atoms with Crippen LogP contribution in [-0.2, 0) is 4.74 Å². The molecule has 2 heterocycles. The predicted octanol–water partition coefficient (Wildman–Crippen LogP) is 1.92. The molecule has 116 valence electrons. The summed E-state index contributed by atoms with van der Waals surface area (Å²) in [5, 5.41) is 0.545. The van der Waals surface area contributed by atoms with Crippen molar-refractivity contribution in [3.8, 4) is 0 Å². The summed E-state index contributed by atoms with van der Waals surface area (Å²) in [6.07, 6.45) is 0.751. The summed E-state index contributed by atoms with van der Waals surface area (Å²) in [6.45, 7) is 3.54. The fraction of sp³-hybridized carbons (Fsp3) is 0.375. The van der Waals surface area contributed by atoms with Crippen LogP contribution in [-0.4, -0.2) is 41.6 Å². The van der Waals surface area contributed by atoms with Crippen LogP contribution in [0.25, 0.3) is 10.9 Å². The van der Waals surface area contributed by atoms with E-state index in [4.69, 9.17) is 4.74 Å². The van der Waals surface area contributed by atoms with Crippen LogP contribution in [0, 0.1) is 5.82 Å². The number of fused-ring (bicyclic) bond motifs is 1. The maximum Gasteiger partial charge on any atom is 0.255 e. The van der Waals surface area contributed by atoms with Gasteiger partial charge < -0.3 is 14.6 Å². The molecule has 1 unspecified atom stereocenters. The highest BCUT2D eigenvalue weighted by molar-refractivity contribution is 6.06. The van der Waals surface area contributed by atoms with E-state index in [0.717, 1.165) is 6.42 Å². The van der Waals surface area contributed by atoms with E-state index >= 15 is 0 Å². The second-order valence-corrected chi connectivity index (χ2v) is 5.49. The number of hydrogen-bond acceptors (Lipinski definition) is 3. The summed E-state index contributed by atoms with van der Waals surface area (Å²) < 4.78 is 18.7. The molecule has 2 aromatic rings. The third-order valence-electron chi connectivity index (χ3n) is 3.98. The molecule has 1 aromatic heterocycles. The molecular weight excluding hydrogens is 287 g/mol. The summed E-state index contributed by atoms with van der Waals surface area (Å²) in [4.78, 5) is 28.9. The van der Waals surface area contributed by atoms with Crippen LogP contribution in [0.15, 0.2) is 29.1 Å². The number of carbonyl (C=O) groups is 1. The molecule has 0 saturated carbocycles.